The third kappa shape index (κ3) is 9.33. The fraction of sp³-hybridized carbons (Fsp3) is 0.833. The molecule has 0 saturated carbocycles. The molecule has 0 aliphatic carbocycles. The summed E-state index contributed by atoms with van der Waals surface area (Å²) in [5, 5.41) is 0. The van der Waals surface area contributed by atoms with E-state index in [1.54, 1.807) is 0 Å². The average Bonchev–Trinajstić information content (AvgIpc) is 2.18. The van der Waals surface area contributed by atoms with E-state index in [0.717, 1.165) is 6.42 Å². The van der Waals surface area contributed by atoms with Crippen LogP contribution in [0.3, 0.4) is 0 Å². The van der Waals surface area contributed by atoms with Crippen LogP contribution < -0.4 is 0 Å². The van der Waals surface area contributed by atoms with Gasteiger partial charge in [-0.25, -0.2) is 0 Å². The Hall–Kier alpha value is 0.390. The fourth-order valence-corrected chi connectivity index (χ4v) is 1.87. The van der Waals surface area contributed by atoms with Gasteiger partial charge < -0.3 is 9.47 Å². The van der Waals surface area contributed by atoms with Crippen LogP contribution in [0.15, 0.2) is 10.2 Å². The highest BCUT2D eigenvalue weighted by Gasteiger charge is 2.09. The maximum absolute atomic E-state index is 5.76. The predicted molar refractivity (Wildman–Crippen MR) is 73.3 cm³/mol. The molecule has 1 unspecified atom stereocenters. The second-order valence-corrected chi connectivity index (χ2v) is 4.23. The van der Waals surface area contributed by atoms with Gasteiger partial charge in [0.1, 0.15) is 0 Å². The highest BCUT2D eigenvalue weighted by atomic mass is 127. The van der Waals surface area contributed by atoms with E-state index < -0.39 is 0 Å². The summed E-state index contributed by atoms with van der Waals surface area (Å²) >= 11 is 2.23. The minimum Gasteiger partial charge on any atom is -0.353 e. The Morgan fingerprint density at radius 3 is 2.53 bits per heavy atom. The number of hydrogen-bond donors (Lipinski definition) is 0. The number of unbranched alkanes of at least 4 members (excludes halogenated alkanes) is 2. The van der Waals surface area contributed by atoms with E-state index in [0.29, 0.717) is 6.61 Å². The highest BCUT2D eigenvalue weighted by molar-refractivity contribution is 14.1. The van der Waals surface area contributed by atoms with Gasteiger partial charge in [0.05, 0.1) is 6.10 Å². The van der Waals surface area contributed by atoms with E-state index >= 15 is 0 Å². The quantitative estimate of drug-likeness (QED) is 0.358. The lowest BCUT2D eigenvalue weighted by molar-refractivity contribution is -0.147. The maximum Gasteiger partial charge on any atom is 0.155 e. The molecule has 0 aromatic carbocycles. The molecule has 3 heteroatoms. The van der Waals surface area contributed by atoms with E-state index in [9.17, 15) is 0 Å². The van der Waals surface area contributed by atoms with Gasteiger partial charge in [-0.05, 0) is 30.4 Å². The molecule has 0 N–H and O–H groups in total. The Labute approximate surface area is 108 Å². The van der Waals surface area contributed by atoms with Crippen LogP contribution in [0, 0.1) is 0 Å². The summed E-state index contributed by atoms with van der Waals surface area (Å²) in [7, 11) is 0. The van der Waals surface area contributed by atoms with Crippen LogP contribution in [0.4, 0.5) is 0 Å². The Kier molecular flexibility index (Phi) is 11.2. The lowest BCUT2D eigenvalue weighted by Gasteiger charge is -2.19. The minimum absolute atomic E-state index is 0.103. The highest BCUT2D eigenvalue weighted by Crippen LogP contribution is 2.12. The summed E-state index contributed by atoms with van der Waals surface area (Å²) in [6.45, 7) is 6.86. The Bertz CT molecular complexity index is 160. The van der Waals surface area contributed by atoms with Crippen molar-refractivity contribution in [3.8, 4) is 0 Å². The smallest absolute Gasteiger partial charge is 0.155 e. The molecule has 0 rings (SSSR count). The second kappa shape index (κ2) is 10.9. The van der Waals surface area contributed by atoms with Gasteiger partial charge in [-0.2, -0.15) is 0 Å². The molecule has 0 radical (unpaired) electrons. The maximum atomic E-state index is 5.76. The van der Waals surface area contributed by atoms with Gasteiger partial charge in [0.2, 0.25) is 0 Å². The van der Waals surface area contributed by atoms with Crippen molar-refractivity contribution in [2.45, 2.75) is 58.8 Å². The minimum atomic E-state index is -0.103. The normalized spacial score (nSPS) is 15.7. The largest absolute Gasteiger partial charge is 0.353 e. The molecule has 0 spiro atoms. The van der Waals surface area contributed by atoms with Gasteiger partial charge in [-0.15, -0.1) is 0 Å². The van der Waals surface area contributed by atoms with Gasteiger partial charge in [0, 0.05) is 6.61 Å². The van der Waals surface area contributed by atoms with Crippen molar-refractivity contribution in [1.82, 2.24) is 0 Å². The van der Waals surface area contributed by atoms with Crippen molar-refractivity contribution < 1.29 is 9.47 Å². The number of hydrogen-bond acceptors (Lipinski definition) is 2. The lowest BCUT2D eigenvalue weighted by Crippen LogP contribution is -2.20. The van der Waals surface area contributed by atoms with Crippen LogP contribution in [0.5, 0.6) is 0 Å². The summed E-state index contributed by atoms with van der Waals surface area (Å²) in [6.07, 6.45) is 7.04. The molecule has 0 fully saturated rings. The molecule has 0 amide bonds. The van der Waals surface area contributed by atoms with Crippen LogP contribution in [0.1, 0.15) is 46.5 Å². The van der Waals surface area contributed by atoms with Crippen LogP contribution in [0.25, 0.3) is 0 Å². The summed E-state index contributed by atoms with van der Waals surface area (Å²) in [6, 6.07) is 0. The topological polar surface area (TPSA) is 18.5 Å². The molecule has 0 aromatic heterocycles. The third-order valence-electron chi connectivity index (χ3n) is 2.15. The Balaban J connectivity index is 3.81. The monoisotopic (exact) mass is 326 g/mol. The Morgan fingerprint density at radius 2 is 2.00 bits per heavy atom. The van der Waals surface area contributed by atoms with Crippen molar-refractivity contribution in [1.29, 1.82) is 0 Å². The number of ether oxygens (including phenoxy) is 2. The SMILES string of the molecule is CCCCC[C@@H](C=CI)OC(C)OCC. The summed E-state index contributed by atoms with van der Waals surface area (Å²) < 4.78 is 13.2. The second-order valence-electron chi connectivity index (χ2n) is 3.51. The van der Waals surface area contributed by atoms with E-state index in [4.69, 9.17) is 9.47 Å². The van der Waals surface area contributed by atoms with Gasteiger partial charge in [-0.3, -0.25) is 0 Å². The molecule has 0 aliphatic rings. The molecule has 2 nitrogen and oxygen atoms in total. The molecule has 0 aromatic rings. The third-order valence-corrected chi connectivity index (χ3v) is 2.56. The van der Waals surface area contributed by atoms with Gasteiger partial charge >= 0.3 is 0 Å². The molecular formula is C12H23IO2. The Morgan fingerprint density at radius 1 is 1.27 bits per heavy atom. The van der Waals surface area contributed by atoms with Crippen LogP contribution >= 0.6 is 22.6 Å². The molecule has 0 saturated heterocycles. The first kappa shape index (κ1) is 15.4. The summed E-state index contributed by atoms with van der Waals surface area (Å²) in [5.41, 5.74) is 0. The number of halogens is 1. The summed E-state index contributed by atoms with van der Waals surface area (Å²) in [4.78, 5) is 0. The van der Waals surface area contributed by atoms with Crippen molar-refractivity contribution >= 4 is 22.6 Å². The van der Waals surface area contributed by atoms with Crippen LogP contribution in [-0.4, -0.2) is 19.0 Å². The van der Waals surface area contributed by atoms with Crippen molar-refractivity contribution in [3.05, 3.63) is 10.2 Å². The van der Waals surface area contributed by atoms with Gasteiger partial charge in [0.25, 0.3) is 0 Å². The molecular weight excluding hydrogens is 303 g/mol. The molecule has 90 valence electrons. The molecule has 15 heavy (non-hydrogen) atoms. The van der Waals surface area contributed by atoms with E-state index in [1.165, 1.54) is 19.3 Å². The molecule has 0 aliphatic heterocycles. The van der Waals surface area contributed by atoms with Crippen molar-refractivity contribution in [2.24, 2.45) is 0 Å². The lowest BCUT2D eigenvalue weighted by atomic mass is 10.1. The van der Waals surface area contributed by atoms with E-state index in [2.05, 4.69) is 35.6 Å². The van der Waals surface area contributed by atoms with Crippen LogP contribution in [-0.2, 0) is 9.47 Å². The standard InChI is InChI=1S/C12H23IO2/c1-4-6-7-8-12(9-10-13)15-11(3)14-5-2/h9-12H,4-8H2,1-3H3/t11?,12-/m0/s1. The van der Waals surface area contributed by atoms with E-state index in [-0.39, 0.29) is 12.4 Å². The average molecular weight is 326 g/mol. The predicted octanol–water partition coefficient (Wildman–Crippen LogP) is 4.28. The van der Waals surface area contributed by atoms with Crippen molar-refractivity contribution in [3.63, 3.8) is 0 Å². The zero-order chi connectivity index (χ0) is 11.5. The zero-order valence-corrected chi connectivity index (χ0v) is 12.2. The van der Waals surface area contributed by atoms with Crippen LogP contribution in [0.2, 0.25) is 0 Å². The fourth-order valence-electron chi connectivity index (χ4n) is 1.41. The van der Waals surface area contributed by atoms with Crippen molar-refractivity contribution in [2.75, 3.05) is 6.61 Å². The summed E-state index contributed by atoms with van der Waals surface area (Å²) in [5.74, 6) is 0. The zero-order valence-electron chi connectivity index (χ0n) is 10.0. The first-order valence-corrected chi connectivity index (χ1v) is 7.03. The first-order chi connectivity index (χ1) is 7.24. The molecule has 2 atom stereocenters. The molecule has 0 bridgehead atoms. The van der Waals surface area contributed by atoms with Gasteiger partial charge in [0.15, 0.2) is 6.29 Å². The van der Waals surface area contributed by atoms with E-state index in [1.807, 2.05) is 17.9 Å². The number of rotatable bonds is 9. The van der Waals surface area contributed by atoms with Gasteiger partial charge in [-0.1, -0.05) is 48.8 Å². The molecule has 0 heterocycles. The first-order valence-electron chi connectivity index (χ1n) is 5.78.